The van der Waals surface area contributed by atoms with E-state index in [0.717, 1.165) is 30.5 Å². The number of benzene rings is 2. The molecule has 0 aliphatic carbocycles. The third kappa shape index (κ3) is 4.99. The predicted octanol–water partition coefficient (Wildman–Crippen LogP) is 4.75. The van der Waals surface area contributed by atoms with Crippen molar-refractivity contribution in [3.63, 3.8) is 0 Å². The van der Waals surface area contributed by atoms with Gasteiger partial charge in [-0.25, -0.2) is 4.39 Å². The van der Waals surface area contributed by atoms with Gasteiger partial charge in [0.05, 0.1) is 0 Å². The normalized spacial score (nSPS) is 12.4. The highest BCUT2D eigenvalue weighted by Crippen LogP contribution is 2.24. The third-order valence-electron chi connectivity index (χ3n) is 3.45. The zero-order valence-electron chi connectivity index (χ0n) is 11.9. The summed E-state index contributed by atoms with van der Waals surface area (Å²) < 4.78 is 13.0. The topological polar surface area (TPSA) is 12.0 Å². The van der Waals surface area contributed by atoms with Crippen molar-refractivity contribution in [2.75, 3.05) is 13.6 Å². The molecule has 0 bridgehead atoms. The second-order valence-electron chi connectivity index (χ2n) is 5.19. The molecule has 0 spiro atoms. The number of halogens is 3. The molecule has 2 aromatic rings. The van der Waals surface area contributed by atoms with Gasteiger partial charge in [0, 0.05) is 10.0 Å². The quantitative estimate of drug-likeness (QED) is 0.807. The molecule has 1 unspecified atom stereocenters. The lowest BCUT2D eigenvalue weighted by Crippen LogP contribution is -2.23. The maximum atomic E-state index is 13.0. The first-order valence-corrected chi connectivity index (χ1v) is 7.67. The van der Waals surface area contributed by atoms with Crippen LogP contribution >= 0.6 is 23.2 Å². The van der Waals surface area contributed by atoms with Crippen LogP contribution in [0.3, 0.4) is 0 Å². The minimum Gasteiger partial charge on any atom is -0.319 e. The highest BCUT2D eigenvalue weighted by molar-refractivity contribution is 6.35. The van der Waals surface area contributed by atoms with E-state index >= 15 is 0 Å². The van der Waals surface area contributed by atoms with Crippen molar-refractivity contribution < 1.29 is 4.39 Å². The van der Waals surface area contributed by atoms with Gasteiger partial charge in [-0.05, 0) is 67.7 Å². The van der Waals surface area contributed by atoms with Gasteiger partial charge in [-0.1, -0.05) is 41.4 Å². The van der Waals surface area contributed by atoms with Crippen LogP contribution in [0.1, 0.15) is 11.1 Å². The molecule has 0 radical (unpaired) electrons. The van der Waals surface area contributed by atoms with E-state index in [1.807, 2.05) is 31.3 Å². The van der Waals surface area contributed by atoms with Crippen LogP contribution in [0.2, 0.25) is 10.0 Å². The monoisotopic (exact) mass is 325 g/mol. The summed E-state index contributed by atoms with van der Waals surface area (Å²) in [7, 11) is 1.93. The molecule has 0 heterocycles. The highest BCUT2D eigenvalue weighted by Gasteiger charge is 2.12. The number of hydrogen-bond acceptors (Lipinski definition) is 1. The largest absolute Gasteiger partial charge is 0.319 e. The summed E-state index contributed by atoms with van der Waals surface area (Å²) in [6.07, 6.45) is 1.73. The Hall–Kier alpha value is -1.09. The zero-order valence-corrected chi connectivity index (χ0v) is 13.4. The molecule has 1 nitrogen and oxygen atoms in total. The molecule has 112 valence electrons. The molecule has 21 heavy (non-hydrogen) atoms. The van der Waals surface area contributed by atoms with E-state index in [1.54, 1.807) is 6.07 Å². The lowest BCUT2D eigenvalue weighted by Gasteiger charge is -2.18. The van der Waals surface area contributed by atoms with Crippen LogP contribution < -0.4 is 5.32 Å². The van der Waals surface area contributed by atoms with Gasteiger partial charge in [0.25, 0.3) is 0 Å². The molecule has 0 aliphatic heterocycles. The van der Waals surface area contributed by atoms with Gasteiger partial charge < -0.3 is 5.32 Å². The second-order valence-corrected chi connectivity index (χ2v) is 6.04. The molecular weight excluding hydrogens is 308 g/mol. The van der Waals surface area contributed by atoms with E-state index in [2.05, 4.69) is 5.32 Å². The molecule has 0 saturated heterocycles. The smallest absolute Gasteiger partial charge is 0.123 e. The van der Waals surface area contributed by atoms with Gasteiger partial charge in [-0.2, -0.15) is 0 Å². The number of hydrogen-bond donors (Lipinski definition) is 1. The molecule has 2 aromatic carbocycles. The Balaban J connectivity index is 2.09. The standard InChI is InChI=1S/C17H18Cl2FN/c1-21-11-13(8-12-2-6-16(20)7-3-12)9-14-4-5-15(18)10-17(14)19/h2-7,10,13,21H,8-9,11H2,1H3. The van der Waals surface area contributed by atoms with Crippen LogP contribution in [-0.2, 0) is 12.8 Å². The van der Waals surface area contributed by atoms with Gasteiger partial charge in [0.1, 0.15) is 5.82 Å². The summed E-state index contributed by atoms with van der Waals surface area (Å²) in [5, 5.41) is 4.55. The average Bonchev–Trinajstić information content (AvgIpc) is 2.44. The predicted molar refractivity (Wildman–Crippen MR) is 87.7 cm³/mol. The Bertz CT molecular complexity index is 584. The fraction of sp³-hybridized carbons (Fsp3) is 0.294. The van der Waals surface area contributed by atoms with Crippen LogP contribution in [0.25, 0.3) is 0 Å². The summed E-state index contributed by atoms with van der Waals surface area (Å²) in [6, 6.07) is 12.3. The van der Waals surface area contributed by atoms with Crippen molar-refractivity contribution >= 4 is 23.2 Å². The molecule has 0 aliphatic rings. The van der Waals surface area contributed by atoms with Gasteiger partial charge in [-0.3, -0.25) is 0 Å². The first kappa shape index (κ1) is 16.3. The van der Waals surface area contributed by atoms with E-state index < -0.39 is 0 Å². The first-order chi connectivity index (χ1) is 10.1. The van der Waals surface area contributed by atoms with Gasteiger partial charge in [-0.15, -0.1) is 0 Å². The van der Waals surface area contributed by atoms with Crippen molar-refractivity contribution in [1.82, 2.24) is 5.32 Å². The highest BCUT2D eigenvalue weighted by atomic mass is 35.5. The summed E-state index contributed by atoms with van der Waals surface area (Å²) >= 11 is 12.2. The fourth-order valence-corrected chi connectivity index (χ4v) is 2.94. The lowest BCUT2D eigenvalue weighted by molar-refractivity contribution is 0.493. The molecule has 0 fully saturated rings. The van der Waals surface area contributed by atoms with Crippen LogP contribution in [0, 0.1) is 11.7 Å². The molecule has 2 rings (SSSR count). The molecule has 0 saturated carbocycles. The molecule has 0 aromatic heterocycles. The Morgan fingerprint density at radius 2 is 1.76 bits per heavy atom. The minimum absolute atomic E-state index is 0.204. The van der Waals surface area contributed by atoms with E-state index in [4.69, 9.17) is 23.2 Å². The average molecular weight is 326 g/mol. The van der Waals surface area contributed by atoms with E-state index in [9.17, 15) is 4.39 Å². The van der Waals surface area contributed by atoms with Crippen molar-refractivity contribution in [1.29, 1.82) is 0 Å². The zero-order chi connectivity index (χ0) is 15.2. The van der Waals surface area contributed by atoms with Crippen molar-refractivity contribution in [2.24, 2.45) is 5.92 Å². The van der Waals surface area contributed by atoms with Crippen LogP contribution in [-0.4, -0.2) is 13.6 Å². The fourth-order valence-electron chi connectivity index (χ4n) is 2.46. The van der Waals surface area contributed by atoms with E-state index in [1.165, 1.54) is 12.1 Å². The Labute approximate surface area is 135 Å². The molecule has 1 N–H and O–H groups in total. The number of rotatable bonds is 6. The van der Waals surface area contributed by atoms with Crippen LogP contribution in [0.4, 0.5) is 4.39 Å². The molecule has 4 heteroatoms. The summed E-state index contributed by atoms with van der Waals surface area (Å²) in [4.78, 5) is 0. The number of nitrogens with one attached hydrogen (secondary N) is 1. The Morgan fingerprint density at radius 1 is 1.05 bits per heavy atom. The van der Waals surface area contributed by atoms with Crippen molar-refractivity contribution in [2.45, 2.75) is 12.8 Å². The molecule has 0 amide bonds. The Morgan fingerprint density at radius 3 is 2.38 bits per heavy atom. The summed E-state index contributed by atoms with van der Waals surface area (Å²) in [6.45, 7) is 0.871. The Kier molecular flexibility index (Phi) is 6.04. The van der Waals surface area contributed by atoms with E-state index in [-0.39, 0.29) is 5.82 Å². The van der Waals surface area contributed by atoms with Gasteiger partial charge in [0.15, 0.2) is 0 Å². The SMILES string of the molecule is CNCC(Cc1ccc(F)cc1)Cc1ccc(Cl)cc1Cl. The first-order valence-electron chi connectivity index (χ1n) is 6.91. The van der Waals surface area contributed by atoms with Gasteiger partial charge >= 0.3 is 0 Å². The minimum atomic E-state index is -0.204. The van der Waals surface area contributed by atoms with Crippen molar-refractivity contribution in [3.8, 4) is 0 Å². The molecular formula is C17H18Cl2FN. The van der Waals surface area contributed by atoms with Crippen LogP contribution in [0.5, 0.6) is 0 Å². The maximum absolute atomic E-state index is 13.0. The second kappa shape index (κ2) is 7.79. The van der Waals surface area contributed by atoms with Crippen molar-refractivity contribution in [3.05, 3.63) is 69.5 Å². The summed E-state index contributed by atoms with van der Waals surface area (Å²) in [5.74, 6) is 0.184. The maximum Gasteiger partial charge on any atom is 0.123 e. The molecule has 1 atom stereocenters. The lowest BCUT2D eigenvalue weighted by atomic mass is 9.92. The summed E-state index contributed by atoms with van der Waals surface area (Å²) in [5.41, 5.74) is 2.21. The third-order valence-corrected chi connectivity index (χ3v) is 4.04. The van der Waals surface area contributed by atoms with Crippen LogP contribution in [0.15, 0.2) is 42.5 Å². The van der Waals surface area contributed by atoms with E-state index in [0.29, 0.717) is 16.0 Å². The van der Waals surface area contributed by atoms with Gasteiger partial charge in [0.2, 0.25) is 0 Å².